The summed E-state index contributed by atoms with van der Waals surface area (Å²) >= 11 is 11.4. The van der Waals surface area contributed by atoms with Gasteiger partial charge < -0.3 is 9.84 Å². The Kier molecular flexibility index (Phi) is 4.28. The minimum atomic E-state index is 0.0937. The van der Waals surface area contributed by atoms with Gasteiger partial charge in [0.1, 0.15) is 10.8 Å². The van der Waals surface area contributed by atoms with Crippen molar-refractivity contribution in [2.75, 3.05) is 13.2 Å². The van der Waals surface area contributed by atoms with Crippen molar-refractivity contribution < 1.29 is 9.84 Å². The lowest BCUT2D eigenvalue weighted by molar-refractivity contribution is 0.233. The molecule has 1 N–H and O–H groups in total. The van der Waals surface area contributed by atoms with E-state index in [4.69, 9.17) is 33.0 Å². The average Bonchev–Trinajstić information content (AvgIpc) is 2.13. The van der Waals surface area contributed by atoms with Crippen LogP contribution in [-0.4, -0.2) is 23.3 Å². The summed E-state index contributed by atoms with van der Waals surface area (Å²) in [6.45, 7) is 0.507. The van der Waals surface area contributed by atoms with Crippen LogP contribution in [0.25, 0.3) is 0 Å². The standard InChI is InChI=1S/C8H9Cl2NO2/c9-7-6(13-5-1-4-12)2-3-11-8(7)10/h2-3,12H,1,4-5H2. The summed E-state index contributed by atoms with van der Waals surface area (Å²) in [7, 11) is 0. The lowest BCUT2D eigenvalue weighted by Crippen LogP contribution is -2.00. The Hall–Kier alpha value is -0.510. The molecular formula is C8H9Cl2NO2. The van der Waals surface area contributed by atoms with E-state index in [-0.39, 0.29) is 11.8 Å². The first-order valence-corrected chi connectivity index (χ1v) is 4.55. The van der Waals surface area contributed by atoms with Crippen LogP contribution in [0.15, 0.2) is 12.3 Å². The van der Waals surface area contributed by atoms with E-state index >= 15 is 0 Å². The molecule has 0 radical (unpaired) electrons. The molecule has 1 aromatic heterocycles. The van der Waals surface area contributed by atoms with Crippen molar-refractivity contribution in [3.05, 3.63) is 22.4 Å². The number of ether oxygens (including phenoxy) is 1. The Bertz CT molecular complexity index is 281. The highest BCUT2D eigenvalue weighted by Gasteiger charge is 2.05. The molecule has 0 unspecified atom stereocenters. The molecule has 72 valence electrons. The van der Waals surface area contributed by atoms with Gasteiger partial charge in [0.25, 0.3) is 0 Å². The van der Waals surface area contributed by atoms with Gasteiger partial charge in [0.05, 0.1) is 6.61 Å². The molecule has 0 aliphatic rings. The second kappa shape index (κ2) is 5.27. The van der Waals surface area contributed by atoms with Crippen LogP contribution in [0, 0.1) is 0 Å². The van der Waals surface area contributed by atoms with Gasteiger partial charge in [0.15, 0.2) is 5.15 Å². The van der Waals surface area contributed by atoms with E-state index in [0.29, 0.717) is 23.8 Å². The smallest absolute Gasteiger partial charge is 0.151 e. The van der Waals surface area contributed by atoms with Gasteiger partial charge in [-0.15, -0.1) is 0 Å². The zero-order chi connectivity index (χ0) is 9.68. The Labute approximate surface area is 86.3 Å². The highest BCUT2D eigenvalue weighted by atomic mass is 35.5. The highest BCUT2D eigenvalue weighted by Crippen LogP contribution is 2.29. The predicted octanol–water partition coefficient (Wildman–Crippen LogP) is 2.15. The third kappa shape index (κ3) is 3.03. The fraction of sp³-hybridized carbons (Fsp3) is 0.375. The van der Waals surface area contributed by atoms with Crippen LogP contribution in [0.3, 0.4) is 0 Å². The van der Waals surface area contributed by atoms with E-state index in [0.717, 1.165) is 0 Å². The van der Waals surface area contributed by atoms with Crippen LogP contribution in [-0.2, 0) is 0 Å². The zero-order valence-electron chi connectivity index (χ0n) is 6.83. The van der Waals surface area contributed by atoms with Crippen LogP contribution >= 0.6 is 23.2 Å². The Morgan fingerprint density at radius 2 is 2.23 bits per heavy atom. The zero-order valence-corrected chi connectivity index (χ0v) is 8.35. The molecule has 1 aromatic rings. The number of aliphatic hydroxyl groups excluding tert-OH is 1. The van der Waals surface area contributed by atoms with Gasteiger partial charge in [-0.1, -0.05) is 23.2 Å². The number of aromatic nitrogens is 1. The molecule has 0 aliphatic carbocycles. The number of hydrogen-bond donors (Lipinski definition) is 1. The highest BCUT2D eigenvalue weighted by molar-refractivity contribution is 6.42. The van der Waals surface area contributed by atoms with E-state index in [1.165, 1.54) is 6.20 Å². The molecule has 1 heterocycles. The molecule has 0 atom stereocenters. The normalized spacial score (nSPS) is 10.1. The van der Waals surface area contributed by atoms with E-state index in [1.807, 2.05) is 0 Å². The topological polar surface area (TPSA) is 42.4 Å². The summed E-state index contributed by atoms with van der Waals surface area (Å²) in [6.07, 6.45) is 2.08. The molecule has 0 spiro atoms. The summed E-state index contributed by atoms with van der Waals surface area (Å²) in [4.78, 5) is 3.77. The molecule has 1 rings (SSSR count). The van der Waals surface area contributed by atoms with E-state index < -0.39 is 0 Å². The molecule has 0 aromatic carbocycles. The van der Waals surface area contributed by atoms with Crippen molar-refractivity contribution >= 4 is 23.2 Å². The van der Waals surface area contributed by atoms with Gasteiger partial charge in [-0.3, -0.25) is 0 Å². The molecule has 5 heteroatoms. The van der Waals surface area contributed by atoms with Crippen LogP contribution in [0.5, 0.6) is 5.75 Å². The molecular weight excluding hydrogens is 213 g/mol. The minimum absolute atomic E-state index is 0.0937. The first-order chi connectivity index (χ1) is 6.25. The maximum absolute atomic E-state index is 8.52. The van der Waals surface area contributed by atoms with Crippen molar-refractivity contribution in [2.45, 2.75) is 6.42 Å². The fourth-order valence-electron chi connectivity index (χ4n) is 0.760. The Morgan fingerprint density at radius 3 is 2.92 bits per heavy atom. The molecule has 0 saturated heterocycles. The summed E-state index contributed by atoms with van der Waals surface area (Å²) in [6, 6.07) is 1.63. The fourth-order valence-corrected chi connectivity index (χ4v) is 1.08. The maximum Gasteiger partial charge on any atom is 0.151 e. The van der Waals surface area contributed by atoms with Gasteiger partial charge in [0.2, 0.25) is 0 Å². The third-order valence-electron chi connectivity index (χ3n) is 1.37. The Balaban J connectivity index is 2.61. The number of halogens is 2. The van der Waals surface area contributed by atoms with Crippen molar-refractivity contribution in [3.8, 4) is 5.75 Å². The van der Waals surface area contributed by atoms with E-state index in [9.17, 15) is 0 Å². The second-order valence-corrected chi connectivity index (χ2v) is 3.08. The molecule has 0 amide bonds. The van der Waals surface area contributed by atoms with Crippen molar-refractivity contribution in [3.63, 3.8) is 0 Å². The molecule has 0 aliphatic heterocycles. The second-order valence-electron chi connectivity index (χ2n) is 2.34. The van der Waals surface area contributed by atoms with E-state index in [2.05, 4.69) is 4.98 Å². The lowest BCUT2D eigenvalue weighted by Gasteiger charge is -2.06. The van der Waals surface area contributed by atoms with Crippen LogP contribution in [0.4, 0.5) is 0 Å². The monoisotopic (exact) mass is 221 g/mol. The summed E-state index contributed by atoms with van der Waals surface area (Å²) in [5.41, 5.74) is 0. The minimum Gasteiger partial charge on any atom is -0.492 e. The largest absolute Gasteiger partial charge is 0.492 e. The van der Waals surface area contributed by atoms with E-state index in [1.54, 1.807) is 6.07 Å². The number of aliphatic hydroxyl groups is 1. The first-order valence-electron chi connectivity index (χ1n) is 3.79. The summed E-state index contributed by atoms with van der Waals surface area (Å²) in [5.74, 6) is 0.495. The maximum atomic E-state index is 8.52. The molecule has 13 heavy (non-hydrogen) atoms. The van der Waals surface area contributed by atoms with Gasteiger partial charge >= 0.3 is 0 Å². The third-order valence-corrected chi connectivity index (χ3v) is 2.12. The van der Waals surface area contributed by atoms with Crippen molar-refractivity contribution in [2.24, 2.45) is 0 Å². The van der Waals surface area contributed by atoms with Gasteiger partial charge in [-0.2, -0.15) is 0 Å². The average molecular weight is 222 g/mol. The molecule has 0 saturated carbocycles. The summed E-state index contributed by atoms with van der Waals surface area (Å²) in [5, 5.41) is 9.05. The summed E-state index contributed by atoms with van der Waals surface area (Å²) < 4.78 is 5.24. The van der Waals surface area contributed by atoms with Crippen molar-refractivity contribution in [1.82, 2.24) is 4.98 Å². The lowest BCUT2D eigenvalue weighted by atomic mass is 10.4. The quantitative estimate of drug-likeness (QED) is 0.626. The predicted molar refractivity (Wildman–Crippen MR) is 51.5 cm³/mol. The van der Waals surface area contributed by atoms with Crippen LogP contribution < -0.4 is 4.74 Å². The molecule has 3 nitrogen and oxygen atoms in total. The number of hydrogen-bond acceptors (Lipinski definition) is 3. The van der Waals surface area contributed by atoms with Gasteiger partial charge in [-0.25, -0.2) is 4.98 Å². The van der Waals surface area contributed by atoms with Gasteiger partial charge in [-0.05, 0) is 0 Å². The molecule has 0 fully saturated rings. The molecule has 0 bridgehead atoms. The SMILES string of the molecule is OCCCOc1ccnc(Cl)c1Cl. The Morgan fingerprint density at radius 1 is 1.46 bits per heavy atom. The van der Waals surface area contributed by atoms with Crippen LogP contribution in [0.1, 0.15) is 6.42 Å². The first kappa shape index (κ1) is 10.6. The van der Waals surface area contributed by atoms with Crippen LogP contribution in [0.2, 0.25) is 10.2 Å². The van der Waals surface area contributed by atoms with Crippen molar-refractivity contribution in [1.29, 1.82) is 0 Å². The van der Waals surface area contributed by atoms with Gasteiger partial charge in [0, 0.05) is 25.3 Å². The number of pyridine rings is 1. The number of nitrogens with zero attached hydrogens (tertiary/aromatic N) is 1. The number of rotatable bonds is 4.